The van der Waals surface area contributed by atoms with Crippen LogP contribution in [0.15, 0.2) is 45.3 Å². The van der Waals surface area contributed by atoms with Crippen molar-refractivity contribution in [3.05, 3.63) is 54.2 Å². The third-order valence-corrected chi connectivity index (χ3v) is 5.78. The standard InChI is InChI=1S/C15H12BrIN2OS/c1-9(20)19-13(14-6-7-15(16)21-14)8-12(18-19)10-2-4-11(17)5-3-10/h2-7,13H,8H2,1H3. The summed E-state index contributed by atoms with van der Waals surface area (Å²) < 4.78 is 2.26. The number of hydrogen-bond acceptors (Lipinski definition) is 3. The molecule has 1 aromatic heterocycles. The third kappa shape index (κ3) is 3.22. The second kappa shape index (κ2) is 6.18. The van der Waals surface area contributed by atoms with Gasteiger partial charge in [-0.05, 0) is 68.3 Å². The number of halogens is 2. The van der Waals surface area contributed by atoms with Crippen LogP contribution in [0.1, 0.15) is 29.8 Å². The third-order valence-electron chi connectivity index (χ3n) is 3.33. The summed E-state index contributed by atoms with van der Waals surface area (Å²) in [5.74, 6) is -0.0231. The largest absolute Gasteiger partial charge is 0.273 e. The van der Waals surface area contributed by atoms with Crippen molar-refractivity contribution in [1.29, 1.82) is 0 Å². The normalized spacial score (nSPS) is 18.0. The Labute approximate surface area is 149 Å². The molecular formula is C15H12BrIN2OS. The summed E-state index contributed by atoms with van der Waals surface area (Å²) >= 11 is 7.42. The van der Waals surface area contributed by atoms with Crippen molar-refractivity contribution in [2.24, 2.45) is 5.10 Å². The van der Waals surface area contributed by atoms with Gasteiger partial charge >= 0.3 is 0 Å². The monoisotopic (exact) mass is 474 g/mol. The van der Waals surface area contributed by atoms with E-state index in [2.05, 4.69) is 74.0 Å². The van der Waals surface area contributed by atoms with Crippen LogP contribution in [0.25, 0.3) is 0 Å². The molecule has 21 heavy (non-hydrogen) atoms. The molecule has 2 heterocycles. The second-order valence-electron chi connectivity index (χ2n) is 4.78. The zero-order valence-corrected chi connectivity index (χ0v) is 15.8. The maximum atomic E-state index is 11.9. The average Bonchev–Trinajstić information content (AvgIpc) is 3.05. The van der Waals surface area contributed by atoms with Gasteiger partial charge in [-0.2, -0.15) is 5.10 Å². The Bertz CT molecular complexity index is 711. The van der Waals surface area contributed by atoms with Crippen LogP contribution in [0.5, 0.6) is 0 Å². The Balaban J connectivity index is 1.92. The van der Waals surface area contributed by atoms with E-state index in [0.29, 0.717) is 0 Å². The minimum atomic E-state index is -0.0231. The van der Waals surface area contributed by atoms with E-state index in [1.54, 1.807) is 23.3 Å². The highest BCUT2D eigenvalue weighted by atomic mass is 127. The Morgan fingerprint density at radius 2 is 2.05 bits per heavy atom. The summed E-state index contributed by atoms with van der Waals surface area (Å²) in [6.45, 7) is 1.57. The van der Waals surface area contributed by atoms with Gasteiger partial charge in [-0.3, -0.25) is 4.79 Å². The van der Waals surface area contributed by atoms with Crippen molar-refractivity contribution < 1.29 is 4.79 Å². The molecule has 0 saturated carbocycles. The maximum Gasteiger partial charge on any atom is 0.240 e. The summed E-state index contributed by atoms with van der Waals surface area (Å²) in [5.41, 5.74) is 2.05. The molecule has 1 aliphatic rings. The molecule has 0 saturated heterocycles. The van der Waals surface area contributed by atoms with Gasteiger partial charge in [0.25, 0.3) is 0 Å². The molecule has 1 aromatic carbocycles. The Kier molecular flexibility index (Phi) is 4.46. The van der Waals surface area contributed by atoms with Gasteiger partial charge in [-0.25, -0.2) is 5.01 Å². The topological polar surface area (TPSA) is 32.7 Å². The second-order valence-corrected chi connectivity index (χ2v) is 8.52. The zero-order chi connectivity index (χ0) is 15.0. The van der Waals surface area contributed by atoms with Crippen LogP contribution >= 0.6 is 49.9 Å². The number of thiophene rings is 1. The Hall–Kier alpha value is -0.730. The molecular weight excluding hydrogens is 463 g/mol. The van der Waals surface area contributed by atoms with Crippen LogP contribution in [0.3, 0.4) is 0 Å². The predicted octanol–water partition coefficient (Wildman–Crippen LogP) is 4.81. The summed E-state index contributed by atoms with van der Waals surface area (Å²) in [6, 6.07) is 12.3. The van der Waals surface area contributed by atoms with Crippen LogP contribution in [-0.2, 0) is 4.79 Å². The summed E-state index contributed by atoms with van der Waals surface area (Å²) in [5, 5.41) is 6.15. The van der Waals surface area contributed by atoms with E-state index in [9.17, 15) is 4.79 Å². The van der Waals surface area contributed by atoms with Crippen LogP contribution < -0.4 is 0 Å². The molecule has 1 atom stereocenters. The molecule has 1 aliphatic heterocycles. The van der Waals surface area contributed by atoms with E-state index >= 15 is 0 Å². The molecule has 0 fully saturated rings. The first-order chi connectivity index (χ1) is 10.0. The molecule has 0 N–H and O–H groups in total. The Morgan fingerprint density at radius 1 is 1.33 bits per heavy atom. The number of carbonyl (C=O) groups excluding carboxylic acids is 1. The minimum Gasteiger partial charge on any atom is -0.273 e. The predicted molar refractivity (Wildman–Crippen MR) is 97.6 cm³/mol. The summed E-state index contributed by atoms with van der Waals surface area (Å²) in [6.07, 6.45) is 0.757. The molecule has 3 rings (SSSR count). The van der Waals surface area contributed by atoms with E-state index < -0.39 is 0 Å². The van der Waals surface area contributed by atoms with Crippen LogP contribution in [-0.4, -0.2) is 16.6 Å². The molecule has 0 radical (unpaired) electrons. The number of benzene rings is 1. The zero-order valence-electron chi connectivity index (χ0n) is 11.2. The van der Waals surface area contributed by atoms with Gasteiger partial charge in [0.05, 0.1) is 15.5 Å². The lowest BCUT2D eigenvalue weighted by atomic mass is 10.0. The number of carbonyl (C=O) groups is 1. The van der Waals surface area contributed by atoms with Crippen molar-refractivity contribution in [2.75, 3.05) is 0 Å². The molecule has 108 valence electrons. The number of amides is 1. The first-order valence-corrected chi connectivity index (χ1v) is 9.12. The molecule has 6 heteroatoms. The fourth-order valence-electron chi connectivity index (χ4n) is 2.35. The number of nitrogens with zero attached hydrogens (tertiary/aromatic N) is 2. The first kappa shape index (κ1) is 15.2. The van der Waals surface area contributed by atoms with E-state index in [4.69, 9.17) is 0 Å². The molecule has 0 bridgehead atoms. The van der Waals surface area contributed by atoms with Gasteiger partial charge in [0.1, 0.15) is 0 Å². The number of rotatable bonds is 2. The van der Waals surface area contributed by atoms with E-state index in [-0.39, 0.29) is 11.9 Å². The van der Waals surface area contributed by atoms with Crippen molar-refractivity contribution in [2.45, 2.75) is 19.4 Å². The van der Waals surface area contributed by atoms with Crippen LogP contribution in [0.2, 0.25) is 0 Å². The number of hydrazone groups is 1. The fourth-order valence-corrected chi connectivity index (χ4v) is 4.22. The lowest BCUT2D eigenvalue weighted by Gasteiger charge is -2.18. The smallest absolute Gasteiger partial charge is 0.240 e. The van der Waals surface area contributed by atoms with Gasteiger partial charge in [-0.15, -0.1) is 11.3 Å². The lowest BCUT2D eigenvalue weighted by Crippen LogP contribution is -2.23. The van der Waals surface area contributed by atoms with Gasteiger partial charge in [0, 0.05) is 21.8 Å². The van der Waals surface area contributed by atoms with Crippen LogP contribution in [0.4, 0.5) is 0 Å². The first-order valence-electron chi connectivity index (χ1n) is 6.43. The quantitative estimate of drug-likeness (QED) is 0.574. The van der Waals surface area contributed by atoms with Crippen molar-refractivity contribution in [3.8, 4) is 0 Å². The SMILES string of the molecule is CC(=O)N1N=C(c2ccc(I)cc2)CC1c1ccc(Br)s1. The Morgan fingerprint density at radius 3 is 2.62 bits per heavy atom. The van der Waals surface area contributed by atoms with Crippen molar-refractivity contribution in [1.82, 2.24) is 5.01 Å². The fraction of sp³-hybridized carbons (Fsp3) is 0.200. The van der Waals surface area contributed by atoms with E-state index in [1.165, 1.54) is 3.57 Å². The van der Waals surface area contributed by atoms with Crippen LogP contribution in [0, 0.1) is 3.57 Å². The highest BCUT2D eigenvalue weighted by Crippen LogP contribution is 2.37. The van der Waals surface area contributed by atoms with Gasteiger partial charge in [0.2, 0.25) is 5.91 Å². The highest BCUT2D eigenvalue weighted by Gasteiger charge is 2.32. The van der Waals surface area contributed by atoms with Gasteiger partial charge in [-0.1, -0.05) is 12.1 Å². The van der Waals surface area contributed by atoms with Crippen molar-refractivity contribution >= 4 is 61.5 Å². The minimum absolute atomic E-state index is 0.00748. The summed E-state index contributed by atoms with van der Waals surface area (Å²) in [7, 11) is 0. The highest BCUT2D eigenvalue weighted by molar-refractivity contribution is 14.1. The van der Waals surface area contributed by atoms with E-state index in [0.717, 1.165) is 26.4 Å². The maximum absolute atomic E-state index is 11.9. The lowest BCUT2D eigenvalue weighted by molar-refractivity contribution is -0.130. The molecule has 0 aliphatic carbocycles. The molecule has 1 amide bonds. The molecule has 1 unspecified atom stereocenters. The molecule has 2 aromatic rings. The molecule has 3 nitrogen and oxygen atoms in total. The van der Waals surface area contributed by atoms with Gasteiger partial charge in [0.15, 0.2) is 0 Å². The van der Waals surface area contributed by atoms with Crippen molar-refractivity contribution in [3.63, 3.8) is 0 Å². The average molecular weight is 475 g/mol. The molecule has 0 spiro atoms. The number of hydrogen-bond donors (Lipinski definition) is 0. The summed E-state index contributed by atoms with van der Waals surface area (Å²) in [4.78, 5) is 13.0. The van der Waals surface area contributed by atoms with E-state index in [1.807, 2.05) is 6.07 Å². The van der Waals surface area contributed by atoms with Gasteiger partial charge < -0.3 is 0 Å².